The molecule has 2 rings (SSSR count). The Morgan fingerprint density at radius 3 is 2.84 bits per heavy atom. The second kappa shape index (κ2) is 13.0. The van der Waals surface area contributed by atoms with Gasteiger partial charge in [-0.2, -0.15) is 0 Å². The number of hydrogen-bond donors (Lipinski definition) is 2. The molecule has 0 aliphatic carbocycles. The summed E-state index contributed by atoms with van der Waals surface area (Å²) in [6.07, 6.45) is 2.34. The molecular weight excluding hydrogens is 479 g/mol. The van der Waals surface area contributed by atoms with Crippen LogP contribution < -0.4 is 10.6 Å². The summed E-state index contributed by atoms with van der Waals surface area (Å²) in [5, 5.41) is 8.69. The van der Waals surface area contributed by atoms with Crippen LogP contribution in [0.15, 0.2) is 20.9 Å². The van der Waals surface area contributed by atoms with Crippen molar-refractivity contribution in [3.05, 3.63) is 11.6 Å². The first-order valence-corrected chi connectivity index (χ1v) is 10.0. The zero-order valence-electron chi connectivity index (χ0n) is 14.3. The average Bonchev–Trinajstić information content (AvgIpc) is 3.08. The third-order valence-electron chi connectivity index (χ3n) is 3.80. The van der Waals surface area contributed by atoms with E-state index in [0.717, 1.165) is 41.9 Å². The van der Waals surface area contributed by atoms with E-state index in [1.807, 2.05) is 16.5 Å². The van der Waals surface area contributed by atoms with Crippen LogP contribution in [0, 0.1) is 0 Å². The number of nitrogens with zero attached hydrogens (tertiary/aromatic N) is 3. The Morgan fingerprint density at radius 2 is 2.24 bits per heavy atom. The second-order valence-electron chi connectivity index (χ2n) is 5.61. The van der Waals surface area contributed by atoms with Crippen LogP contribution >= 0.6 is 47.1 Å². The molecule has 0 atom stereocenters. The van der Waals surface area contributed by atoms with Crippen molar-refractivity contribution in [2.45, 2.75) is 36.1 Å². The van der Waals surface area contributed by atoms with Crippen LogP contribution in [0.2, 0.25) is 0 Å². The van der Waals surface area contributed by atoms with Crippen molar-refractivity contribution in [2.24, 2.45) is 4.99 Å². The highest BCUT2D eigenvalue weighted by Gasteiger charge is 2.21. The smallest absolute Gasteiger partial charge is 0.251 e. The van der Waals surface area contributed by atoms with Gasteiger partial charge in [0, 0.05) is 50.1 Å². The number of thioether (sulfide) groups is 1. The third-order valence-corrected chi connectivity index (χ3v) is 5.85. The molecule has 1 aliphatic rings. The standard InChI is InChI=1S/C15H25F2N5S2.HI/c1-18-14(19-5-2-9-23-15-20-6-10-24-15)21-12-3-7-22(8-4-12)11-13(16)17;/h6,10,12-13H,2-5,7-9,11H2,1H3,(H2,18,19,21);1H. The van der Waals surface area contributed by atoms with E-state index in [-0.39, 0.29) is 30.5 Å². The fraction of sp³-hybridized carbons (Fsp3) is 0.733. The Labute approximate surface area is 173 Å². The first-order chi connectivity index (χ1) is 11.7. The van der Waals surface area contributed by atoms with Gasteiger partial charge >= 0.3 is 0 Å². The SMILES string of the molecule is CN=C(NCCCSc1nccs1)NC1CCN(CC(F)F)CC1.I. The molecule has 144 valence electrons. The number of likely N-dealkylation sites (tertiary alicyclic amines) is 1. The van der Waals surface area contributed by atoms with Gasteiger partial charge < -0.3 is 10.6 Å². The molecule has 2 heterocycles. The summed E-state index contributed by atoms with van der Waals surface area (Å²) in [6, 6.07) is 0.301. The fourth-order valence-corrected chi connectivity index (χ4v) is 4.21. The number of rotatable bonds is 8. The van der Waals surface area contributed by atoms with Gasteiger partial charge in [0.2, 0.25) is 0 Å². The minimum absolute atomic E-state index is 0. The highest BCUT2D eigenvalue weighted by atomic mass is 127. The van der Waals surface area contributed by atoms with Crippen molar-refractivity contribution < 1.29 is 8.78 Å². The average molecular weight is 505 g/mol. The molecular formula is C15H26F2IN5S2. The lowest BCUT2D eigenvalue weighted by atomic mass is 10.1. The maximum atomic E-state index is 12.4. The van der Waals surface area contributed by atoms with Crippen molar-refractivity contribution in [3.63, 3.8) is 0 Å². The first kappa shape index (κ1) is 22.8. The number of halogens is 3. The summed E-state index contributed by atoms with van der Waals surface area (Å²) >= 11 is 3.43. The van der Waals surface area contributed by atoms with Crippen LogP contribution in [0.5, 0.6) is 0 Å². The predicted octanol–water partition coefficient (Wildman–Crippen LogP) is 3.14. The summed E-state index contributed by atoms with van der Waals surface area (Å²) in [5.74, 6) is 1.81. The molecule has 0 unspecified atom stereocenters. The van der Waals surface area contributed by atoms with Crippen LogP contribution in [0.25, 0.3) is 0 Å². The third kappa shape index (κ3) is 9.34. The number of piperidine rings is 1. The van der Waals surface area contributed by atoms with E-state index in [0.29, 0.717) is 19.1 Å². The van der Waals surface area contributed by atoms with E-state index >= 15 is 0 Å². The van der Waals surface area contributed by atoms with E-state index in [1.165, 1.54) is 0 Å². The van der Waals surface area contributed by atoms with Crippen LogP contribution in [0.1, 0.15) is 19.3 Å². The Hall–Kier alpha value is -0.200. The summed E-state index contributed by atoms with van der Waals surface area (Å²) in [6.45, 7) is 2.16. The molecule has 0 aromatic carbocycles. The number of aliphatic imine (C=N–C) groups is 1. The monoisotopic (exact) mass is 505 g/mol. The van der Waals surface area contributed by atoms with Gasteiger partial charge in [0.15, 0.2) is 5.96 Å². The minimum Gasteiger partial charge on any atom is -0.356 e. The zero-order chi connectivity index (χ0) is 17.2. The lowest BCUT2D eigenvalue weighted by Crippen LogP contribution is -2.49. The van der Waals surface area contributed by atoms with E-state index < -0.39 is 6.43 Å². The number of thiazole rings is 1. The van der Waals surface area contributed by atoms with Crippen molar-refractivity contribution in [1.82, 2.24) is 20.5 Å². The van der Waals surface area contributed by atoms with Gasteiger partial charge in [-0.1, -0.05) is 11.8 Å². The number of nitrogens with one attached hydrogen (secondary N) is 2. The fourth-order valence-electron chi connectivity index (χ4n) is 2.56. The van der Waals surface area contributed by atoms with Gasteiger partial charge in [-0.3, -0.25) is 9.89 Å². The summed E-state index contributed by atoms with van der Waals surface area (Å²) in [4.78, 5) is 10.3. The van der Waals surface area contributed by atoms with Gasteiger partial charge in [0.1, 0.15) is 4.34 Å². The van der Waals surface area contributed by atoms with Crippen LogP contribution in [-0.2, 0) is 0 Å². The maximum Gasteiger partial charge on any atom is 0.251 e. The molecule has 25 heavy (non-hydrogen) atoms. The molecule has 0 radical (unpaired) electrons. The highest BCUT2D eigenvalue weighted by Crippen LogP contribution is 2.20. The zero-order valence-corrected chi connectivity index (χ0v) is 18.3. The summed E-state index contributed by atoms with van der Waals surface area (Å²) < 4.78 is 25.9. The molecule has 1 aromatic rings. The minimum atomic E-state index is -2.24. The Morgan fingerprint density at radius 1 is 1.48 bits per heavy atom. The van der Waals surface area contributed by atoms with Gasteiger partial charge in [-0.25, -0.2) is 13.8 Å². The summed E-state index contributed by atoms with van der Waals surface area (Å²) in [5.41, 5.74) is 0. The molecule has 0 saturated carbocycles. The Bertz CT molecular complexity index is 482. The lowest BCUT2D eigenvalue weighted by Gasteiger charge is -2.32. The number of aromatic nitrogens is 1. The van der Waals surface area contributed by atoms with Crippen molar-refractivity contribution in [1.29, 1.82) is 0 Å². The molecule has 1 aliphatic heterocycles. The van der Waals surface area contributed by atoms with Crippen LogP contribution in [0.3, 0.4) is 0 Å². The normalized spacial score (nSPS) is 16.7. The van der Waals surface area contributed by atoms with Crippen molar-refractivity contribution in [3.8, 4) is 0 Å². The number of hydrogen-bond acceptors (Lipinski definition) is 5. The van der Waals surface area contributed by atoms with E-state index in [4.69, 9.17) is 0 Å². The first-order valence-electron chi connectivity index (χ1n) is 8.17. The summed E-state index contributed by atoms with van der Waals surface area (Å²) in [7, 11) is 1.76. The highest BCUT2D eigenvalue weighted by molar-refractivity contribution is 14.0. The molecule has 2 N–H and O–H groups in total. The van der Waals surface area contributed by atoms with Crippen LogP contribution in [0.4, 0.5) is 8.78 Å². The van der Waals surface area contributed by atoms with Gasteiger partial charge in [-0.15, -0.1) is 35.3 Å². The van der Waals surface area contributed by atoms with Crippen LogP contribution in [-0.4, -0.2) is 67.3 Å². The molecule has 1 saturated heterocycles. The van der Waals surface area contributed by atoms with Gasteiger partial charge in [0.05, 0.1) is 6.54 Å². The Balaban J connectivity index is 0.00000312. The predicted molar refractivity (Wildman–Crippen MR) is 113 cm³/mol. The van der Waals surface area contributed by atoms with Crippen molar-refractivity contribution >= 4 is 53.0 Å². The molecule has 1 fully saturated rings. The molecule has 10 heteroatoms. The molecule has 5 nitrogen and oxygen atoms in total. The van der Waals surface area contributed by atoms with Gasteiger partial charge in [-0.05, 0) is 19.3 Å². The topological polar surface area (TPSA) is 52.6 Å². The lowest BCUT2D eigenvalue weighted by molar-refractivity contribution is 0.0744. The quantitative estimate of drug-likeness (QED) is 0.187. The Kier molecular flexibility index (Phi) is 11.9. The van der Waals surface area contributed by atoms with E-state index in [9.17, 15) is 8.78 Å². The number of guanidine groups is 1. The van der Waals surface area contributed by atoms with E-state index in [2.05, 4.69) is 20.6 Å². The molecule has 0 spiro atoms. The largest absolute Gasteiger partial charge is 0.356 e. The number of alkyl halides is 2. The maximum absolute atomic E-state index is 12.4. The molecule has 0 amide bonds. The molecule has 0 bridgehead atoms. The van der Waals surface area contributed by atoms with E-state index in [1.54, 1.807) is 30.1 Å². The molecule has 1 aromatic heterocycles. The van der Waals surface area contributed by atoms with Crippen molar-refractivity contribution in [2.75, 3.05) is 39.0 Å². The second-order valence-corrected chi connectivity index (χ2v) is 7.85. The van der Waals surface area contributed by atoms with Gasteiger partial charge in [0.25, 0.3) is 6.43 Å².